The summed E-state index contributed by atoms with van der Waals surface area (Å²) in [5, 5.41) is 11.7. The number of hydrogen-bond acceptors (Lipinski definition) is 4. The average molecular weight is 291 g/mol. The van der Waals surface area contributed by atoms with Gasteiger partial charge in [-0.15, -0.1) is 0 Å². The first-order valence-corrected chi connectivity index (χ1v) is 7.06. The minimum absolute atomic E-state index is 0.0139. The molecule has 0 aromatic heterocycles. The molecule has 0 saturated carbocycles. The monoisotopic (exact) mass is 291 g/mol. The van der Waals surface area contributed by atoms with Crippen molar-refractivity contribution in [3.05, 3.63) is 29.8 Å². The Morgan fingerprint density at radius 1 is 1.57 bits per heavy atom. The summed E-state index contributed by atoms with van der Waals surface area (Å²) in [6.07, 6.45) is 0. The van der Waals surface area contributed by atoms with E-state index in [-0.39, 0.29) is 23.6 Å². The molecule has 114 valence electrons. The van der Waals surface area contributed by atoms with E-state index in [1.807, 2.05) is 38.1 Å². The van der Waals surface area contributed by atoms with Gasteiger partial charge in [-0.05, 0) is 13.0 Å². The van der Waals surface area contributed by atoms with Crippen molar-refractivity contribution in [2.45, 2.75) is 19.8 Å². The van der Waals surface area contributed by atoms with E-state index in [1.54, 1.807) is 4.90 Å². The van der Waals surface area contributed by atoms with E-state index in [0.29, 0.717) is 19.7 Å². The first kappa shape index (κ1) is 15.2. The van der Waals surface area contributed by atoms with E-state index in [4.69, 9.17) is 15.7 Å². The van der Waals surface area contributed by atoms with Crippen molar-refractivity contribution in [2.75, 3.05) is 19.7 Å². The Morgan fingerprint density at radius 3 is 2.95 bits per heavy atom. The van der Waals surface area contributed by atoms with Crippen molar-refractivity contribution in [2.24, 2.45) is 16.8 Å². The van der Waals surface area contributed by atoms with Crippen molar-refractivity contribution in [3.63, 3.8) is 0 Å². The molecular weight excluding hydrogens is 270 g/mol. The SMILES string of the molecule is CCN(CC(C)C(N)=NO)C(=O)C1COc2ccccc21. The number of oxime groups is 1. The summed E-state index contributed by atoms with van der Waals surface area (Å²) < 4.78 is 5.56. The Labute approximate surface area is 124 Å². The van der Waals surface area contributed by atoms with Gasteiger partial charge in [0.25, 0.3) is 0 Å². The Hall–Kier alpha value is -2.24. The topological polar surface area (TPSA) is 88.1 Å². The summed E-state index contributed by atoms with van der Waals surface area (Å²) >= 11 is 0. The smallest absolute Gasteiger partial charge is 0.233 e. The van der Waals surface area contributed by atoms with Gasteiger partial charge in [0, 0.05) is 24.6 Å². The fourth-order valence-electron chi connectivity index (χ4n) is 2.49. The molecule has 1 aromatic carbocycles. The number of ether oxygens (including phenoxy) is 1. The summed E-state index contributed by atoms with van der Waals surface area (Å²) in [6, 6.07) is 7.59. The predicted molar refractivity (Wildman–Crippen MR) is 79.5 cm³/mol. The molecule has 2 unspecified atom stereocenters. The highest BCUT2D eigenvalue weighted by Gasteiger charge is 2.33. The van der Waals surface area contributed by atoms with Gasteiger partial charge >= 0.3 is 0 Å². The summed E-state index contributed by atoms with van der Waals surface area (Å²) in [6.45, 7) is 5.10. The highest BCUT2D eigenvalue weighted by molar-refractivity contribution is 5.87. The summed E-state index contributed by atoms with van der Waals surface area (Å²) in [7, 11) is 0. The average Bonchev–Trinajstić information content (AvgIpc) is 2.94. The van der Waals surface area contributed by atoms with Crippen molar-refractivity contribution < 1.29 is 14.7 Å². The predicted octanol–water partition coefficient (Wildman–Crippen LogP) is 1.39. The van der Waals surface area contributed by atoms with Crippen LogP contribution in [-0.2, 0) is 4.79 Å². The van der Waals surface area contributed by atoms with Crippen LogP contribution in [-0.4, -0.2) is 41.5 Å². The minimum atomic E-state index is -0.277. The number of para-hydroxylation sites is 1. The molecule has 0 bridgehead atoms. The number of likely N-dealkylation sites (N-methyl/N-ethyl adjacent to an activating group) is 1. The number of hydrogen-bond donors (Lipinski definition) is 2. The first-order valence-electron chi connectivity index (χ1n) is 7.06. The Morgan fingerprint density at radius 2 is 2.29 bits per heavy atom. The second-order valence-corrected chi connectivity index (χ2v) is 5.20. The molecule has 0 fully saturated rings. The van der Waals surface area contributed by atoms with Crippen LogP contribution in [0.5, 0.6) is 5.75 Å². The molecule has 2 rings (SSSR count). The van der Waals surface area contributed by atoms with Crippen LogP contribution in [0.15, 0.2) is 29.4 Å². The normalized spacial score (nSPS) is 18.8. The zero-order valence-corrected chi connectivity index (χ0v) is 12.3. The molecule has 0 aliphatic carbocycles. The largest absolute Gasteiger partial charge is 0.492 e. The number of fused-ring (bicyclic) bond motifs is 1. The first-order chi connectivity index (χ1) is 10.1. The van der Waals surface area contributed by atoms with Gasteiger partial charge in [0.15, 0.2) is 0 Å². The molecule has 3 N–H and O–H groups in total. The number of carbonyl (C=O) groups is 1. The lowest BCUT2D eigenvalue weighted by Crippen LogP contribution is -2.41. The summed E-state index contributed by atoms with van der Waals surface area (Å²) in [5.74, 6) is 0.442. The molecule has 2 atom stereocenters. The van der Waals surface area contributed by atoms with Gasteiger partial charge in [0.05, 0.1) is 0 Å². The van der Waals surface area contributed by atoms with Gasteiger partial charge in [-0.3, -0.25) is 4.79 Å². The van der Waals surface area contributed by atoms with Crippen LogP contribution in [0.4, 0.5) is 0 Å². The lowest BCUT2D eigenvalue weighted by atomic mass is 9.99. The summed E-state index contributed by atoms with van der Waals surface area (Å²) in [4.78, 5) is 14.4. The van der Waals surface area contributed by atoms with Crippen molar-refractivity contribution in [1.29, 1.82) is 0 Å². The third kappa shape index (κ3) is 3.09. The molecule has 6 heteroatoms. The Bertz CT molecular complexity index is 545. The van der Waals surface area contributed by atoms with E-state index in [1.165, 1.54) is 0 Å². The molecule has 0 spiro atoms. The van der Waals surface area contributed by atoms with E-state index in [9.17, 15) is 4.79 Å². The van der Waals surface area contributed by atoms with Gasteiger partial charge < -0.3 is 20.6 Å². The molecule has 1 aromatic rings. The van der Waals surface area contributed by atoms with Crippen molar-refractivity contribution in [1.82, 2.24) is 4.90 Å². The standard InChI is InChI=1S/C15H21N3O3/c1-3-18(8-10(2)14(16)17-20)15(19)12-9-21-13-7-5-4-6-11(12)13/h4-7,10,12,20H,3,8-9H2,1-2H3,(H2,16,17). The number of rotatable bonds is 5. The molecule has 1 heterocycles. The van der Waals surface area contributed by atoms with Crippen LogP contribution in [0.25, 0.3) is 0 Å². The quantitative estimate of drug-likeness (QED) is 0.371. The zero-order valence-electron chi connectivity index (χ0n) is 12.3. The van der Waals surface area contributed by atoms with Gasteiger partial charge in [-0.25, -0.2) is 0 Å². The van der Waals surface area contributed by atoms with Crippen LogP contribution in [0, 0.1) is 5.92 Å². The second-order valence-electron chi connectivity index (χ2n) is 5.20. The van der Waals surface area contributed by atoms with Gasteiger partial charge in [0.1, 0.15) is 24.1 Å². The highest BCUT2D eigenvalue weighted by atomic mass is 16.5. The molecule has 1 aliphatic rings. The minimum Gasteiger partial charge on any atom is -0.492 e. The fourth-order valence-corrected chi connectivity index (χ4v) is 2.49. The maximum Gasteiger partial charge on any atom is 0.233 e. The maximum atomic E-state index is 12.7. The Balaban J connectivity index is 2.11. The number of amides is 1. The molecule has 21 heavy (non-hydrogen) atoms. The van der Waals surface area contributed by atoms with Crippen LogP contribution in [0.2, 0.25) is 0 Å². The molecule has 0 saturated heterocycles. The number of nitrogens with zero attached hydrogens (tertiary/aromatic N) is 2. The van der Waals surface area contributed by atoms with E-state index < -0.39 is 0 Å². The Kier molecular flexibility index (Phi) is 4.67. The van der Waals surface area contributed by atoms with Crippen molar-refractivity contribution in [3.8, 4) is 5.75 Å². The highest BCUT2D eigenvalue weighted by Crippen LogP contribution is 2.34. The third-order valence-corrected chi connectivity index (χ3v) is 3.81. The van der Waals surface area contributed by atoms with Crippen LogP contribution >= 0.6 is 0 Å². The molecule has 1 aliphatic heterocycles. The number of nitrogens with two attached hydrogens (primary N) is 1. The number of benzene rings is 1. The van der Waals surface area contributed by atoms with E-state index in [0.717, 1.165) is 11.3 Å². The third-order valence-electron chi connectivity index (χ3n) is 3.81. The fraction of sp³-hybridized carbons (Fsp3) is 0.467. The zero-order chi connectivity index (χ0) is 15.4. The van der Waals surface area contributed by atoms with Crippen LogP contribution in [0.1, 0.15) is 25.3 Å². The number of carbonyl (C=O) groups excluding carboxylic acids is 1. The van der Waals surface area contributed by atoms with Gasteiger partial charge in [-0.1, -0.05) is 30.3 Å². The van der Waals surface area contributed by atoms with E-state index >= 15 is 0 Å². The maximum absolute atomic E-state index is 12.7. The van der Waals surface area contributed by atoms with E-state index in [2.05, 4.69) is 5.16 Å². The lowest BCUT2D eigenvalue weighted by molar-refractivity contribution is -0.133. The molecule has 1 amide bonds. The van der Waals surface area contributed by atoms with Gasteiger partial charge in [-0.2, -0.15) is 0 Å². The molecule has 0 radical (unpaired) electrons. The summed E-state index contributed by atoms with van der Waals surface area (Å²) in [5.41, 5.74) is 6.52. The van der Waals surface area contributed by atoms with Gasteiger partial charge in [0.2, 0.25) is 5.91 Å². The second kappa shape index (κ2) is 6.47. The lowest BCUT2D eigenvalue weighted by Gasteiger charge is -2.26. The number of amidine groups is 1. The molecule has 6 nitrogen and oxygen atoms in total. The van der Waals surface area contributed by atoms with Crippen molar-refractivity contribution >= 4 is 11.7 Å². The van der Waals surface area contributed by atoms with Crippen LogP contribution < -0.4 is 10.5 Å². The molecular formula is C15H21N3O3. The van der Waals surface area contributed by atoms with Crippen LogP contribution in [0.3, 0.4) is 0 Å².